The number of aromatic nitrogens is 2. The fourth-order valence-corrected chi connectivity index (χ4v) is 3.51. The molecular weight excluding hydrogens is 226 g/mol. The van der Waals surface area contributed by atoms with E-state index in [1.165, 1.54) is 37.8 Å². The van der Waals surface area contributed by atoms with Crippen LogP contribution < -0.4 is 5.32 Å². The van der Waals surface area contributed by atoms with E-state index in [2.05, 4.69) is 21.1 Å². The summed E-state index contributed by atoms with van der Waals surface area (Å²) in [5.74, 6) is 0.624. The normalized spacial score (nSPS) is 32.8. The van der Waals surface area contributed by atoms with Crippen molar-refractivity contribution in [2.75, 3.05) is 20.2 Å². The maximum absolute atomic E-state index is 5.63. The zero-order chi connectivity index (χ0) is 12.4. The van der Waals surface area contributed by atoms with Crippen molar-refractivity contribution in [3.8, 4) is 0 Å². The minimum absolute atomic E-state index is 0.370. The molecule has 0 radical (unpaired) electrons. The Kier molecular flexibility index (Phi) is 3.66. The van der Waals surface area contributed by atoms with Gasteiger partial charge in [-0.1, -0.05) is 0 Å². The van der Waals surface area contributed by atoms with E-state index in [1.54, 1.807) is 0 Å². The van der Waals surface area contributed by atoms with Gasteiger partial charge in [-0.3, -0.25) is 0 Å². The monoisotopic (exact) mass is 249 g/mol. The van der Waals surface area contributed by atoms with Crippen LogP contribution >= 0.6 is 0 Å². The standard InChI is InChI=1S/C14H23N3O/c1-18-14-6-2-5-12(14)17-10-16-9-13(17)11-4-3-7-15-8-11/h9-12,14-15H,2-8H2,1H3. The quantitative estimate of drug-likeness (QED) is 0.891. The second-order valence-electron chi connectivity index (χ2n) is 5.54. The van der Waals surface area contributed by atoms with Gasteiger partial charge in [0, 0.05) is 31.5 Å². The van der Waals surface area contributed by atoms with Crippen molar-refractivity contribution in [1.82, 2.24) is 14.9 Å². The number of methoxy groups -OCH3 is 1. The second-order valence-corrected chi connectivity index (χ2v) is 5.54. The third-order valence-electron chi connectivity index (χ3n) is 4.49. The zero-order valence-electron chi connectivity index (χ0n) is 11.1. The molecule has 0 amide bonds. The summed E-state index contributed by atoms with van der Waals surface area (Å²) >= 11 is 0. The predicted octanol–water partition coefficient (Wildman–Crippen LogP) is 2.09. The summed E-state index contributed by atoms with van der Waals surface area (Å²) in [6.07, 6.45) is 10.7. The lowest BCUT2D eigenvalue weighted by molar-refractivity contribution is 0.0735. The fraction of sp³-hybridized carbons (Fsp3) is 0.786. The molecule has 2 fully saturated rings. The van der Waals surface area contributed by atoms with E-state index in [0.717, 1.165) is 13.1 Å². The van der Waals surface area contributed by atoms with Gasteiger partial charge in [0.25, 0.3) is 0 Å². The number of hydrogen-bond acceptors (Lipinski definition) is 3. The first-order valence-electron chi connectivity index (χ1n) is 7.15. The second kappa shape index (κ2) is 5.41. The summed E-state index contributed by atoms with van der Waals surface area (Å²) in [4.78, 5) is 4.39. The molecule has 1 saturated carbocycles. The van der Waals surface area contributed by atoms with Crippen LogP contribution in [0.2, 0.25) is 0 Å². The Balaban J connectivity index is 1.81. The molecule has 1 aromatic heterocycles. The number of nitrogens with one attached hydrogen (secondary N) is 1. The number of rotatable bonds is 3. The van der Waals surface area contributed by atoms with E-state index in [1.807, 2.05) is 13.4 Å². The molecule has 1 aliphatic carbocycles. The summed E-state index contributed by atoms with van der Waals surface area (Å²) in [5.41, 5.74) is 1.40. The van der Waals surface area contributed by atoms with Gasteiger partial charge in [-0.2, -0.15) is 0 Å². The van der Waals surface area contributed by atoms with Crippen molar-refractivity contribution < 1.29 is 4.74 Å². The Labute approximate surface area is 109 Å². The van der Waals surface area contributed by atoms with Crippen molar-refractivity contribution in [1.29, 1.82) is 0 Å². The van der Waals surface area contributed by atoms with Gasteiger partial charge in [0.15, 0.2) is 0 Å². The molecule has 4 nitrogen and oxygen atoms in total. The van der Waals surface area contributed by atoms with Crippen molar-refractivity contribution >= 4 is 0 Å². The molecule has 1 aliphatic heterocycles. The summed E-state index contributed by atoms with van der Waals surface area (Å²) in [6, 6.07) is 0.495. The van der Waals surface area contributed by atoms with E-state index in [-0.39, 0.29) is 0 Å². The summed E-state index contributed by atoms with van der Waals surface area (Å²) in [6.45, 7) is 2.25. The number of ether oxygens (including phenoxy) is 1. The van der Waals surface area contributed by atoms with Crippen LogP contribution in [0.3, 0.4) is 0 Å². The van der Waals surface area contributed by atoms with Crippen molar-refractivity contribution in [2.24, 2.45) is 0 Å². The fourth-order valence-electron chi connectivity index (χ4n) is 3.51. The number of imidazole rings is 1. The average Bonchev–Trinajstić information content (AvgIpc) is 3.07. The highest BCUT2D eigenvalue weighted by molar-refractivity contribution is 5.11. The molecule has 3 rings (SSSR count). The molecule has 3 atom stereocenters. The van der Waals surface area contributed by atoms with Crippen molar-refractivity contribution in [2.45, 2.75) is 50.2 Å². The first-order chi connectivity index (χ1) is 8.90. The maximum Gasteiger partial charge on any atom is 0.0951 e. The molecule has 1 N–H and O–H groups in total. The highest BCUT2D eigenvalue weighted by atomic mass is 16.5. The van der Waals surface area contributed by atoms with Gasteiger partial charge in [0.05, 0.1) is 18.5 Å². The van der Waals surface area contributed by atoms with Gasteiger partial charge >= 0.3 is 0 Å². The first kappa shape index (κ1) is 12.2. The molecule has 100 valence electrons. The average molecular weight is 249 g/mol. The summed E-state index contributed by atoms with van der Waals surface area (Å²) in [5, 5.41) is 3.49. The van der Waals surface area contributed by atoms with Crippen LogP contribution in [0.1, 0.15) is 49.8 Å². The Morgan fingerprint density at radius 3 is 3.06 bits per heavy atom. The number of nitrogens with zero attached hydrogens (tertiary/aromatic N) is 2. The van der Waals surface area contributed by atoms with Crippen LogP contribution in [0.15, 0.2) is 12.5 Å². The molecular formula is C14H23N3O. The highest BCUT2D eigenvalue weighted by Gasteiger charge is 2.31. The molecule has 0 aromatic carbocycles. The molecule has 4 heteroatoms. The van der Waals surface area contributed by atoms with E-state index in [9.17, 15) is 0 Å². The molecule has 2 aliphatic rings. The lowest BCUT2D eigenvalue weighted by Gasteiger charge is -2.28. The van der Waals surface area contributed by atoms with Crippen LogP contribution in [0.5, 0.6) is 0 Å². The lowest BCUT2D eigenvalue weighted by atomic mass is 9.96. The van der Waals surface area contributed by atoms with Crippen molar-refractivity contribution in [3.05, 3.63) is 18.2 Å². The Morgan fingerprint density at radius 2 is 2.28 bits per heavy atom. The molecule has 0 spiro atoms. The van der Waals surface area contributed by atoms with Gasteiger partial charge in [0.1, 0.15) is 0 Å². The first-order valence-corrected chi connectivity index (χ1v) is 7.15. The molecule has 18 heavy (non-hydrogen) atoms. The summed E-state index contributed by atoms with van der Waals surface area (Å²) in [7, 11) is 1.84. The van der Waals surface area contributed by atoms with Gasteiger partial charge in [-0.15, -0.1) is 0 Å². The van der Waals surface area contributed by atoms with Crippen LogP contribution in [0, 0.1) is 0 Å². The summed E-state index contributed by atoms with van der Waals surface area (Å²) < 4.78 is 8.01. The molecule has 3 unspecified atom stereocenters. The van der Waals surface area contributed by atoms with Crippen LogP contribution in [-0.4, -0.2) is 35.9 Å². The molecule has 0 bridgehead atoms. The van der Waals surface area contributed by atoms with E-state index in [0.29, 0.717) is 18.1 Å². The van der Waals surface area contributed by atoms with E-state index in [4.69, 9.17) is 4.74 Å². The molecule has 1 saturated heterocycles. The van der Waals surface area contributed by atoms with E-state index >= 15 is 0 Å². The van der Waals surface area contributed by atoms with Gasteiger partial charge in [-0.25, -0.2) is 4.98 Å². The SMILES string of the molecule is COC1CCCC1n1cncc1C1CCCNC1. The van der Waals surface area contributed by atoms with Gasteiger partial charge in [-0.05, 0) is 38.6 Å². The van der Waals surface area contributed by atoms with Gasteiger partial charge in [0.2, 0.25) is 0 Å². The third-order valence-corrected chi connectivity index (χ3v) is 4.49. The third kappa shape index (κ3) is 2.19. The Hall–Kier alpha value is -0.870. The zero-order valence-corrected chi connectivity index (χ0v) is 11.1. The van der Waals surface area contributed by atoms with Crippen LogP contribution in [0.4, 0.5) is 0 Å². The minimum atomic E-state index is 0.370. The smallest absolute Gasteiger partial charge is 0.0951 e. The predicted molar refractivity (Wildman–Crippen MR) is 70.8 cm³/mol. The maximum atomic E-state index is 5.63. The Morgan fingerprint density at radius 1 is 1.33 bits per heavy atom. The topological polar surface area (TPSA) is 39.1 Å². The molecule has 2 heterocycles. The largest absolute Gasteiger partial charge is 0.379 e. The van der Waals surface area contributed by atoms with Crippen LogP contribution in [0.25, 0.3) is 0 Å². The van der Waals surface area contributed by atoms with Gasteiger partial charge < -0.3 is 14.6 Å². The molecule has 1 aromatic rings. The van der Waals surface area contributed by atoms with Crippen molar-refractivity contribution in [3.63, 3.8) is 0 Å². The number of piperidine rings is 1. The number of hydrogen-bond donors (Lipinski definition) is 1. The van der Waals surface area contributed by atoms with E-state index < -0.39 is 0 Å². The highest BCUT2D eigenvalue weighted by Crippen LogP contribution is 2.35. The Bertz CT molecular complexity index is 384. The van der Waals surface area contributed by atoms with Crippen LogP contribution in [-0.2, 0) is 4.74 Å². The minimum Gasteiger partial charge on any atom is -0.379 e. The lowest BCUT2D eigenvalue weighted by Crippen LogP contribution is -2.31.